The molecule has 0 aliphatic carbocycles. The molecule has 0 saturated carbocycles. The fraction of sp³-hybridized carbons (Fsp3) is 0.111. The Bertz CT molecular complexity index is 700. The minimum atomic E-state index is -0.424. The summed E-state index contributed by atoms with van der Waals surface area (Å²) in [4.78, 5) is 24.8. The summed E-state index contributed by atoms with van der Waals surface area (Å²) in [6.45, 7) is 0.253. The summed E-state index contributed by atoms with van der Waals surface area (Å²) in [6.07, 6.45) is 0.448. The molecule has 3 heteroatoms. The van der Waals surface area contributed by atoms with Crippen LogP contribution in [0.5, 0.6) is 0 Å². The largest absolute Gasteiger partial charge is 0.462 e. The zero-order valence-corrected chi connectivity index (χ0v) is 11.4. The van der Waals surface area contributed by atoms with Crippen molar-refractivity contribution in [3.05, 3.63) is 77.4 Å². The van der Waals surface area contributed by atoms with Gasteiger partial charge in [-0.2, -0.15) is 0 Å². The number of rotatable bonds is 3. The predicted octanol–water partition coefficient (Wildman–Crippen LogP) is 3.27. The molecule has 3 rings (SSSR count). The Labute approximate surface area is 122 Å². The van der Waals surface area contributed by atoms with Crippen LogP contribution in [0, 0.1) is 0 Å². The summed E-state index contributed by atoms with van der Waals surface area (Å²) in [5.74, 6) is -0.530. The van der Waals surface area contributed by atoms with Crippen molar-refractivity contribution in [3.63, 3.8) is 0 Å². The van der Waals surface area contributed by atoms with Crippen LogP contribution in [-0.4, -0.2) is 18.4 Å². The molecule has 0 fully saturated rings. The Kier molecular flexibility index (Phi) is 3.65. The summed E-state index contributed by atoms with van der Waals surface area (Å²) >= 11 is 0. The van der Waals surface area contributed by atoms with Crippen molar-refractivity contribution < 1.29 is 14.3 Å². The third-order valence-corrected chi connectivity index (χ3v) is 3.46. The highest BCUT2D eigenvalue weighted by Gasteiger charge is 2.28. The second-order valence-electron chi connectivity index (χ2n) is 4.80. The molecule has 0 spiro atoms. The van der Waals surface area contributed by atoms with Crippen LogP contribution in [0.25, 0.3) is 5.57 Å². The number of ether oxygens (including phenoxy) is 1. The van der Waals surface area contributed by atoms with E-state index in [0.29, 0.717) is 23.1 Å². The number of esters is 1. The minimum absolute atomic E-state index is 0.105. The van der Waals surface area contributed by atoms with Crippen LogP contribution in [0.4, 0.5) is 0 Å². The molecule has 0 aromatic heterocycles. The van der Waals surface area contributed by atoms with Gasteiger partial charge in [-0.25, -0.2) is 4.79 Å². The van der Waals surface area contributed by atoms with Gasteiger partial charge in [0.05, 0.1) is 12.2 Å². The van der Waals surface area contributed by atoms with Crippen molar-refractivity contribution in [3.8, 4) is 0 Å². The quantitative estimate of drug-likeness (QED) is 0.639. The first kappa shape index (κ1) is 13.3. The Hall–Kier alpha value is -2.68. The third-order valence-electron chi connectivity index (χ3n) is 3.46. The van der Waals surface area contributed by atoms with E-state index in [1.807, 2.05) is 48.5 Å². The molecule has 1 aliphatic heterocycles. The Morgan fingerprint density at radius 2 is 1.52 bits per heavy atom. The van der Waals surface area contributed by atoms with Crippen molar-refractivity contribution in [2.45, 2.75) is 6.42 Å². The van der Waals surface area contributed by atoms with Crippen LogP contribution in [0.3, 0.4) is 0 Å². The highest BCUT2D eigenvalue weighted by molar-refractivity contribution is 6.27. The second kappa shape index (κ2) is 5.75. The van der Waals surface area contributed by atoms with Gasteiger partial charge in [0, 0.05) is 17.6 Å². The van der Waals surface area contributed by atoms with Gasteiger partial charge in [-0.3, -0.25) is 4.79 Å². The van der Waals surface area contributed by atoms with Crippen molar-refractivity contribution >= 4 is 17.3 Å². The van der Waals surface area contributed by atoms with E-state index in [0.717, 1.165) is 5.56 Å². The molecule has 2 aromatic carbocycles. The molecule has 104 valence electrons. The van der Waals surface area contributed by atoms with Gasteiger partial charge in [-0.15, -0.1) is 0 Å². The highest BCUT2D eigenvalue weighted by atomic mass is 16.5. The van der Waals surface area contributed by atoms with E-state index in [2.05, 4.69) is 0 Å². The number of carbonyl (C=O) groups excluding carboxylic acids is 2. The Balaban J connectivity index is 2.11. The maximum Gasteiger partial charge on any atom is 0.339 e. The minimum Gasteiger partial charge on any atom is -0.462 e. The van der Waals surface area contributed by atoms with Crippen LogP contribution >= 0.6 is 0 Å². The highest BCUT2D eigenvalue weighted by Crippen LogP contribution is 2.28. The molecule has 3 nitrogen and oxygen atoms in total. The molecule has 0 saturated heterocycles. The molecule has 0 N–H and O–H groups in total. The van der Waals surface area contributed by atoms with Gasteiger partial charge in [0.25, 0.3) is 0 Å². The monoisotopic (exact) mass is 278 g/mol. The molecular formula is C18H14O3. The fourth-order valence-corrected chi connectivity index (χ4v) is 2.45. The van der Waals surface area contributed by atoms with Gasteiger partial charge in [0.2, 0.25) is 0 Å². The lowest BCUT2D eigenvalue weighted by atomic mass is 9.91. The third kappa shape index (κ3) is 2.63. The summed E-state index contributed by atoms with van der Waals surface area (Å²) in [6, 6.07) is 18.2. The van der Waals surface area contributed by atoms with Crippen LogP contribution in [-0.2, 0) is 9.53 Å². The predicted molar refractivity (Wildman–Crippen MR) is 79.7 cm³/mol. The molecule has 0 radical (unpaired) electrons. The normalized spacial score (nSPS) is 14.8. The van der Waals surface area contributed by atoms with Crippen LogP contribution < -0.4 is 0 Å². The number of cyclic esters (lactones) is 1. The lowest BCUT2D eigenvalue weighted by molar-refractivity contribution is -0.137. The number of Topliss-reactive ketones (excluding diaryl/α,β-unsaturated/α-hetero) is 1. The van der Waals surface area contributed by atoms with Crippen LogP contribution in [0.15, 0.2) is 66.2 Å². The van der Waals surface area contributed by atoms with E-state index in [4.69, 9.17) is 4.74 Å². The average Bonchev–Trinajstić information content (AvgIpc) is 2.55. The molecule has 0 amide bonds. The molecule has 0 bridgehead atoms. The molecule has 0 unspecified atom stereocenters. The van der Waals surface area contributed by atoms with E-state index in [1.54, 1.807) is 12.1 Å². The topological polar surface area (TPSA) is 43.4 Å². The number of benzene rings is 2. The van der Waals surface area contributed by atoms with E-state index in [-0.39, 0.29) is 12.4 Å². The van der Waals surface area contributed by atoms with Gasteiger partial charge in [0.15, 0.2) is 5.78 Å². The molecule has 21 heavy (non-hydrogen) atoms. The van der Waals surface area contributed by atoms with Crippen LogP contribution in [0.1, 0.15) is 22.3 Å². The molecule has 2 aromatic rings. The SMILES string of the molecule is O=C1OCCC(C(=O)c2ccccc2)=C1c1ccccc1. The molecule has 0 atom stereocenters. The number of carbonyl (C=O) groups is 2. The summed E-state index contributed by atoms with van der Waals surface area (Å²) in [5.41, 5.74) is 2.23. The van der Waals surface area contributed by atoms with E-state index < -0.39 is 5.97 Å². The van der Waals surface area contributed by atoms with E-state index >= 15 is 0 Å². The van der Waals surface area contributed by atoms with Crippen molar-refractivity contribution in [2.24, 2.45) is 0 Å². The first-order valence-electron chi connectivity index (χ1n) is 6.83. The standard InChI is InChI=1S/C18H14O3/c19-17(14-9-5-2-6-10-14)15-11-12-21-18(20)16(15)13-7-3-1-4-8-13/h1-10H,11-12H2. The number of hydrogen-bond acceptors (Lipinski definition) is 3. The molecule has 1 aliphatic rings. The fourth-order valence-electron chi connectivity index (χ4n) is 2.45. The zero-order valence-electron chi connectivity index (χ0n) is 11.4. The Morgan fingerprint density at radius 3 is 2.19 bits per heavy atom. The van der Waals surface area contributed by atoms with E-state index in [9.17, 15) is 9.59 Å². The van der Waals surface area contributed by atoms with Gasteiger partial charge >= 0.3 is 5.97 Å². The first-order valence-corrected chi connectivity index (χ1v) is 6.83. The van der Waals surface area contributed by atoms with Crippen molar-refractivity contribution in [1.29, 1.82) is 0 Å². The summed E-state index contributed by atoms with van der Waals surface area (Å²) < 4.78 is 5.11. The maximum atomic E-state index is 12.7. The number of hydrogen-bond donors (Lipinski definition) is 0. The van der Waals surface area contributed by atoms with Gasteiger partial charge < -0.3 is 4.74 Å². The lowest BCUT2D eigenvalue weighted by Gasteiger charge is -2.19. The van der Waals surface area contributed by atoms with Crippen LogP contribution in [0.2, 0.25) is 0 Å². The van der Waals surface area contributed by atoms with Gasteiger partial charge in [-0.05, 0) is 5.56 Å². The number of ketones is 1. The van der Waals surface area contributed by atoms with E-state index in [1.165, 1.54) is 0 Å². The first-order chi connectivity index (χ1) is 10.3. The maximum absolute atomic E-state index is 12.7. The molecule has 1 heterocycles. The summed E-state index contributed by atoms with van der Waals surface area (Å²) in [5, 5.41) is 0. The van der Waals surface area contributed by atoms with Gasteiger partial charge in [0.1, 0.15) is 0 Å². The van der Waals surface area contributed by atoms with Crippen molar-refractivity contribution in [1.82, 2.24) is 0 Å². The van der Waals surface area contributed by atoms with Crippen molar-refractivity contribution in [2.75, 3.05) is 6.61 Å². The molecular weight excluding hydrogens is 264 g/mol. The zero-order chi connectivity index (χ0) is 14.7. The second-order valence-corrected chi connectivity index (χ2v) is 4.80. The smallest absolute Gasteiger partial charge is 0.339 e. The average molecular weight is 278 g/mol. The Morgan fingerprint density at radius 1 is 0.905 bits per heavy atom. The summed E-state index contributed by atoms with van der Waals surface area (Å²) in [7, 11) is 0. The lowest BCUT2D eigenvalue weighted by Crippen LogP contribution is -2.21. The van der Waals surface area contributed by atoms with Gasteiger partial charge in [-0.1, -0.05) is 60.7 Å².